The first-order chi connectivity index (χ1) is 8.24. The topological polar surface area (TPSA) is 29.3 Å². The second-order valence-corrected chi connectivity index (χ2v) is 5.23. The first kappa shape index (κ1) is 10.8. The molecule has 3 heteroatoms. The normalized spacial score (nSPS) is 23.9. The standard InChI is InChI=1S/C14H19N3/c1-10-7-12(8-10)15-9-13-11(2)16-14-5-3-4-6-17(13)14/h3-6,10,12,15H,7-9H2,1-2H3. The SMILES string of the molecule is Cc1nc2ccccn2c1CNC1CC(C)C1. The van der Waals surface area contributed by atoms with Crippen LogP contribution in [0.15, 0.2) is 24.4 Å². The maximum Gasteiger partial charge on any atom is 0.137 e. The highest BCUT2D eigenvalue weighted by atomic mass is 15.1. The van der Waals surface area contributed by atoms with Gasteiger partial charge in [-0.1, -0.05) is 13.0 Å². The Morgan fingerprint density at radius 1 is 1.41 bits per heavy atom. The van der Waals surface area contributed by atoms with Gasteiger partial charge in [-0.2, -0.15) is 0 Å². The Labute approximate surface area is 102 Å². The van der Waals surface area contributed by atoms with Crippen LogP contribution in [-0.4, -0.2) is 15.4 Å². The molecule has 1 aliphatic carbocycles. The molecular formula is C14H19N3. The van der Waals surface area contributed by atoms with Crippen molar-refractivity contribution in [3.05, 3.63) is 35.8 Å². The van der Waals surface area contributed by atoms with Gasteiger partial charge in [0.1, 0.15) is 5.65 Å². The lowest BCUT2D eigenvalue weighted by Crippen LogP contribution is -2.39. The van der Waals surface area contributed by atoms with E-state index in [1.807, 2.05) is 6.07 Å². The van der Waals surface area contributed by atoms with E-state index in [1.165, 1.54) is 18.5 Å². The van der Waals surface area contributed by atoms with Gasteiger partial charge in [-0.05, 0) is 37.8 Å². The first-order valence-corrected chi connectivity index (χ1v) is 6.40. The molecule has 1 N–H and O–H groups in total. The minimum absolute atomic E-state index is 0.707. The predicted octanol–water partition coefficient (Wildman–Crippen LogP) is 2.53. The quantitative estimate of drug-likeness (QED) is 0.876. The fourth-order valence-electron chi connectivity index (χ4n) is 2.69. The number of fused-ring (bicyclic) bond motifs is 1. The lowest BCUT2D eigenvalue weighted by molar-refractivity contribution is 0.239. The van der Waals surface area contributed by atoms with Crippen molar-refractivity contribution in [1.82, 2.24) is 14.7 Å². The van der Waals surface area contributed by atoms with Gasteiger partial charge in [0.25, 0.3) is 0 Å². The average Bonchev–Trinajstić information content (AvgIpc) is 2.59. The number of aromatic nitrogens is 2. The molecule has 0 bridgehead atoms. The van der Waals surface area contributed by atoms with Crippen LogP contribution in [0, 0.1) is 12.8 Å². The van der Waals surface area contributed by atoms with Crippen molar-refractivity contribution in [3.63, 3.8) is 0 Å². The summed E-state index contributed by atoms with van der Waals surface area (Å²) in [5.74, 6) is 0.899. The van der Waals surface area contributed by atoms with E-state index in [4.69, 9.17) is 0 Å². The molecule has 0 unspecified atom stereocenters. The number of aryl methyl sites for hydroxylation is 1. The molecule has 90 valence electrons. The summed E-state index contributed by atoms with van der Waals surface area (Å²) >= 11 is 0. The molecule has 0 saturated heterocycles. The molecule has 0 atom stereocenters. The van der Waals surface area contributed by atoms with Crippen molar-refractivity contribution in [2.45, 2.75) is 39.3 Å². The van der Waals surface area contributed by atoms with E-state index < -0.39 is 0 Å². The molecule has 2 aromatic rings. The molecule has 17 heavy (non-hydrogen) atoms. The number of pyridine rings is 1. The summed E-state index contributed by atoms with van der Waals surface area (Å²) in [6, 6.07) is 6.86. The summed E-state index contributed by atoms with van der Waals surface area (Å²) in [6.07, 6.45) is 4.72. The molecule has 0 amide bonds. The molecule has 1 fully saturated rings. The van der Waals surface area contributed by atoms with Crippen LogP contribution in [0.3, 0.4) is 0 Å². The molecule has 0 aliphatic heterocycles. The van der Waals surface area contributed by atoms with Gasteiger partial charge in [0.05, 0.1) is 11.4 Å². The molecular weight excluding hydrogens is 210 g/mol. The monoisotopic (exact) mass is 229 g/mol. The van der Waals surface area contributed by atoms with Crippen LogP contribution in [0.1, 0.15) is 31.2 Å². The second-order valence-electron chi connectivity index (χ2n) is 5.23. The smallest absolute Gasteiger partial charge is 0.137 e. The summed E-state index contributed by atoms with van der Waals surface area (Å²) in [4.78, 5) is 4.57. The van der Waals surface area contributed by atoms with Crippen LogP contribution < -0.4 is 5.32 Å². The third-order valence-electron chi connectivity index (χ3n) is 3.76. The number of nitrogens with zero attached hydrogens (tertiary/aromatic N) is 2. The van der Waals surface area contributed by atoms with Crippen LogP contribution >= 0.6 is 0 Å². The highest BCUT2D eigenvalue weighted by Crippen LogP contribution is 2.26. The van der Waals surface area contributed by atoms with Crippen LogP contribution in [0.5, 0.6) is 0 Å². The molecule has 1 aliphatic rings. The van der Waals surface area contributed by atoms with E-state index in [0.717, 1.165) is 23.8 Å². The number of hydrogen-bond acceptors (Lipinski definition) is 2. The van der Waals surface area contributed by atoms with E-state index in [1.54, 1.807) is 0 Å². The molecule has 3 nitrogen and oxygen atoms in total. The van der Waals surface area contributed by atoms with Crippen molar-refractivity contribution in [3.8, 4) is 0 Å². The van der Waals surface area contributed by atoms with E-state index in [-0.39, 0.29) is 0 Å². The first-order valence-electron chi connectivity index (χ1n) is 6.40. The van der Waals surface area contributed by atoms with Crippen LogP contribution in [0.2, 0.25) is 0 Å². The van der Waals surface area contributed by atoms with E-state index in [0.29, 0.717) is 6.04 Å². The Balaban J connectivity index is 1.77. The summed E-state index contributed by atoms with van der Waals surface area (Å²) in [7, 11) is 0. The lowest BCUT2D eigenvalue weighted by atomic mass is 9.82. The molecule has 2 aromatic heterocycles. The predicted molar refractivity (Wildman–Crippen MR) is 69.0 cm³/mol. The molecule has 0 radical (unpaired) electrons. The van der Waals surface area contributed by atoms with E-state index in [9.17, 15) is 0 Å². The van der Waals surface area contributed by atoms with Crippen LogP contribution in [-0.2, 0) is 6.54 Å². The molecule has 0 spiro atoms. The zero-order chi connectivity index (χ0) is 11.8. The van der Waals surface area contributed by atoms with Gasteiger partial charge in [0.2, 0.25) is 0 Å². The van der Waals surface area contributed by atoms with Gasteiger partial charge in [-0.3, -0.25) is 0 Å². The fourth-order valence-corrected chi connectivity index (χ4v) is 2.69. The maximum absolute atomic E-state index is 4.57. The lowest BCUT2D eigenvalue weighted by Gasteiger charge is -2.33. The zero-order valence-corrected chi connectivity index (χ0v) is 10.5. The van der Waals surface area contributed by atoms with Crippen LogP contribution in [0.25, 0.3) is 5.65 Å². The van der Waals surface area contributed by atoms with Crippen molar-refractivity contribution in [1.29, 1.82) is 0 Å². The maximum atomic E-state index is 4.57. The second kappa shape index (κ2) is 4.15. The summed E-state index contributed by atoms with van der Waals surface area (Å²) < 4.78 is 2.18. The van der Waals surface area contributed by atoms with Gasteiger partial charge in [-0.25, -0.2) is 4.98 Å². The average molecular weight is 229 g/mol. The zero-order valence-electron chi connectivity index (χ0n) is 10.5. The van der Waals surface area contributed by atoms with Gasteiger partial charge >= 0.3 is 0 Å². The van der Waals surface area contributed by atoms with Crippen molar-refractivity contribution in [2.75, 3.05) is 0 Å². The molecule has 2 heterocycles. The Bertz CT molecular complexity index is 523. The molecule has 1 saturated carbocycles. The Morgan fingerprint density at radius 2 is 2.24 bits per heavy atom. The molecule has 0 aromatic carbocycles. The largest absolute Gasteiger partial charge is 0.308 e. The van der Waals surface area contributed by atoms with Gasteiger partial charge in [0, 0.05) is 18.8 Å². The number of imidazole rings is 1. The van der Waals surface area contributed by atoms with Crippen molar-refractivity contribution in [2.24, 2.45) is 5.92 Å². The number of rotatable bonds is 3. The third kappa shape index (κ3) is 1.95. The van der Waals surface area contributed by atoms with Crippen LogP contribution in [0.4, 0.5) is 0 Å². The highest BCUT2D eigenvalue weighted by molar-refractivity contribution is 5.42. The minimum Gasteiger partial charge on any atom is -0.308 e. The minimum atomic E-state index is 0.707. The highest BCUT2D eigenvalue weighted by Gasteiger charge is 2.24. The Hall–Kier alpha value is -1.35. The van der Waals surface area contributed by atoms with Crippen molar-refractivity contribution >= 4 is 5.65 Å². The number of hydrogen-bond donors (Lipinski definition) is 1. The Morgan fingerprint density at radius 3 is 3.00 bits per heavy atom. The van der Waals surface area contributed by atoms with Gasteiger partial charge < -0.3 is 9.72 Å². The summed E-state index contributed by atoms with van der Waals surface area (Å²) in [5, 5.41) is 3.62. The van der Waals surface area contributed by atoms with Gasteiger partial charge in [0.15, 0.2) is 0 Å². The summed E-state index contributed by atoms with van der Waals surface area (Å²) in [6.45, 7) is 5.33. The molecule has 3 rings (SSSR count). The third-order valence-corrected chi connectivity index (χ3v) is 3.76. The van der Waals surface area contributed by atoms with E-state index in [2.05, 4.69) is 46.9 Å². The summed E-state index contributed by atoms with van der Waals surface area (Å²) in [5.41, 5.74) is 3.47. The van der Waals surface area contributed by atoms with Crippen molar-refractivity contribution < 1.29 is 0 Å². The fraction of sp³-hybridized carbons (Fsp3) is 0.500. The Kier molecular flexibility index (Phi) is 2.63. The van der Waals surface area contributed by atoms with Gasteiger partial charge in [-0.15, -0.1) is 0 Å². The van der Waals surface area contributed by atoms with E-state index >= 15 is 0 Å². The number of nitrogens with one attached hydrogen (secondary N) is 1.